The predicted molar refractivity (Wildman–Crippen MR) is 81.5 cm³/mol. The van der Waals surface area contributed by atoms with Crippen LogP contribution in [0.5, 0.6) is 0 Å². The van der Waals surface area contributed by atoms with Gasteiger partial charge in [0.25, 0.3) is 0 Å². The zero-order chi connectivity index (χ0) is 13.6. The average Bonchev–Trinajstić information content (AvgIpc) is 2.41. The molecule has 0 N–H and O–H groups in total. The van der Waals surface area contributed by atoms with Crippen molar-refractivity contribution in [2.45, 2.75) is 58.4 Å². The molecule has 0 saturated heterocycles. The van der Waals surface area contributed by atoms with E-state index in [0.29, 0.717) is 0 Å². The zero-order valence-electron chi connectivity index (χ0n) is 12.9. The summed E-state index contributed by atoms with van der Waals surface area (Å²) in [5.74, 6) is 0. The van der Waals surface area contributed by atoms with Gasteiger partial charge in [0.15, 0.2) is 0 Å². The van der Waals surface area contributed by atoms with Crippen LogP contribution in [0.1, 0.15) is 52.4 Å². The van der Waals surface area contributed by atoms with Gasteiger partial charge >= 0.3 is 9.28 Å². The summed E-state index contributed by atoms with van der Waals surface area (Å²) >= 11 is 0. The van der Waals surface area contributed by atoms with Crippen LogP contribution in [0.2, 0.25) is 6.04 Å². The van der Waals surface area contributed by atoms with E-state index in [4.69, 9.17) is 8.85 Å². The lowest BCUT2D eigenvalue weighted by molar-refractivity contribution is 0.255. The van der Waals surface area contributed by atoms with Crippen molar-refractivity contribution in [1.82, 2.24) is 4.90 Å². The summed E-state index contributed by atoms with van der Waals surface area (Å²) in [5, 5.41) is 0. The molecular formula is C14H33NO2Si. The molecule has 0 amide bonds. The Labute approximate surface area is 116 Å². The Morgan fingerprint density at radius 3 is 1.72 bits per heavy atom. The number of unbranched alkanes of at least 4 members (excludes halogenated alkanes) is 3. The molecule has 0 aliphatic heterocycles. The van der Waals surface area contributed by atoms with Crippen LogP contribution in [0.15, 0.2) is 0 Å². The highest BCUT2D eigenvalue weighted by Crippen LogP contribution is 2.06. The number of hydrogen-bond acceptors (Lipinski definition) is 3. The molecule has 0 rings (SSSR count). The van der Waals surface area contributed by atoms with Crippen LogP contribution in [-0.2, 0) is 8.85 Å². The second kappa shape index (κ2) is 13.5. The molecule has 0 aliphatic carbocycles. The molecule has 0 aromatic heterocycles. The van der Waals surface area contributed by atoms with Crippen molar-refractivity contribution in [2.24, 2.45) is 0 Å². The van der Waals surface area contributed by atoms with Crippen molar-refractivity contribution < 1.29 is 8.85 Å². The van der Waals surface area contributed by atoms with E-state index in [0.717, 1.165) is 6.04 Å². The fourth-order valence-electron chi connectivity index (χ4n) is 2.08. The predicted octanol–water partition coefficient (Wildman–Crippen LogP) is 3.18. The number of hydrogen-bond donors (Lipinski definition) is 0. The highest BCUT2D eigenvalue weighted by atomic mass is 28.3. The molecule has 0 fully saturated rings. The molecule has 0 aromatic rings. The summed E-state index contributed by atoms with van der Waals surface area (Å²) < 4.78 is 10.7. The van der Waals surface area contributed by atoms with E-state index < -0.39 is 9.28 Å². The fourth-order valence-corrected chi connectivity index (χ4v) is 3.36. The average molecular weight is 276 g/mol. The van der Waals surface area contributed by atoms with Crippen molar-refractivity contribution in [3.05, 3.63) is 0 Å². The van der Waals surface area contributed by atoms with Gasteiger partial charge in [0.1, 0.15) is 0 Å². The van der Waals surface area contributed by atoms with E-state index in [1.165, 1.54) is 58.2 Å². The third-order valence-corrected chi connectivity index (χ3v) is 5.28. The van der Waals surface area contributed by atoms with E-state index >= 15 is 0 Å². The minimum Gasteiger partial charge on any atom is -0.400 e. The smallest absolute Gasteiger partial charge is 0.320 e. The normalized spacial score (nSPS) is 11.7. The first-order valence-electron chi connectivity index (χ1n) is 7.56. The van der Waals surface area contributed by atoms with Crippen LogP contribution < -0.4 is 0 Å². The molecule has 0 aromatic carbocycles. The summed E-state index contributed by atoms with van der Waals surface area (Å²) in [7, 11) is 2.23. The zero-order valence-corrected chi connectivity index (χ0v) is 14.1. The van der Waals surface area contributed by atoms with E-state index in [2.05, 4.69) is 18.7 Å². The SMILES string of the molecule is CCCCN(CCCC)CCCC[SiH](OC)OC. The first-order chi connectivity index (χ1) is 8.78. The standard InChI is InChI=1S/C14H33NO2Si/c1-5-7-11-15(12-8-6-2)13-9-10-14-18(16-3)17-4/h18H,5-14H2,1-4H3. The highest BCUT2D eigenvalue weighted by molar-refractivity contribution is 6.44. The number of rotatable bonds is 13. The van der Waals surface area contributed by atoms with Gasteiger partial charge in [0.05, 0.1) is 0 Å². The minimum absolute atomic E-state index is 1.14. The van der Waals surface area contributed by atoms with E-state index in [9.17, 15) is 0 Å². The topological polar surface area (TPSA) is 21.7 Å². The van der Waals surface area contributed by atoms with Crippen LogP contribution in [0.25, 0.3) is 0 Å². The second-order valence-electron chi connectivity index (χ2n) is 4.95. The Kier molecular flexibility index (Phi) is 13.6. The molecule has 0 heterocycles. The molecule has 3 nitrogen and oxygen atoms in total. The van der Waals surface area contributed by atoms with Crippen molar-refractivity contribution >= 4 is 9.28 Å². The van der Waals surface area contributed by atoms with E-state index in [1.54, 1.807) is 14.2 Å². The van der Waals surface area contributed by atoms with Gasteiger partial charge in [-0.05, 0) is 44.9 Å². The first-order valence-corrected chi connectivity index (χ1v) is 9.32. The largest absolute Gasteiger partial charge is 0.400 e. The van der Waals surface area contributed by atoms with Crippen LogP contribution >= 0.6 is 0 Å². The Bertz CT molecular complexity index is 158. The molecular weight excluding hydrogens is 242 g/mol. The van der Waals surface area contributed by atoms with Gasteiger partial charge < -0.3 is 13.8 Å². The summed E-state index contributed by atoms with van der Waals surface area (Å²) in [5.41, 5.74) is 0. The third-order valence-electron chi connectivity index (χ3n) is 3.35. The molecule has 0 radical (unpaired) electrons. The molecule has 0 atom stereocenters. The van der Waals surface area contributed by atoms with Crippen molar-refractivity contribution in [1.29, 1.82) is 0 Å². The Balaban J connectivity index is 3.66. The maximum Gasteiger partial charge on any atom is 0.320 e. The Hall–Kier alpha value is 0.0969. The first kappa shape index (κ1) is 18.1. The molecule has 0 saturated carbocycles. The van der Waals surface area contributed by atoms with Gasteiger partial charge in [-0.2, -0.15) is 0 Å². The molecule has 0 spiro atoms. The fraction of sp³-hybridized carbons (Fsp3) is 1.00. The lowest BCUT2D eigenvalue weighted by Gasteiger charge is -2.22. The van der Waals surface area contributed by atoms with Gasteiger partial charge in [-0.1, -0.05) is 33.1 Å². The van der Waals surface area contributed by atoms with Gasteiger partial charge in [0.2, 0.25) is 0 Å². The lowest BCUT2D eigenvalue weighted by atomic mass is 10.2. The maximum absolute atomic E-state index is 5.34. The summed E-state index contributed by atoms with van der Waals surface area (Å²) in [6.45, 7) is 8.32. The van der Waals surface area contributed by atoms with Crippen LogP contribution in [0.3, 0.4) is 0 Å². The Morgan fingerprint density at radius 1 is 0.778 bits per heavy atom. The number of nitrogens with zero attached hydrogens (tertiary/aromatic N) is 1. The van der Waals surface area contributed by atoms with Crippen LogP contribution in [0.4, 0.5) is 0 Å². The molecule has 0 bridgehead atoms. The summed E-state index contributed by atoms with van der Waals surface area (Å²) in [4.78, 5) is 2.63. The second-order valence-corrected chi connectivity index (χ2v) is 7.32. The van der Waals surface area contributed by atoms with Crippen molar-refractivity contribution in [3.8, 4) is 0 Å². The van der Waals surface area contributed by atoms with Crippen LogP contribution in [-0.4, -0.2) is 48.0 Å². The van der Waals surface area contributed by atoms with Gasteiger partial charge in [-0.25, -0.2) is 0 Å². The highest BCUT2D eigenvalue weighted by Gasteiger charge is 2.09. The minimum atomic E-state index is -1.32. The van der Waals surface area contributed by atoms with Crippen molar-refractivity contribution in [3.63, 3.8) is 0 Å². The lowest BCUT2D eigenvalue weighted by Crippen LogP contribution is -2.27. The molecule has 0 aliphatic rings. The third kappa shape index (κ3) is 10.1. The monoisotopic (exact) mass is 275 g/mol. The summed E-state index contributed by atoms with van der Waals surface area (Å²) in [6.07, 6.45) is 7.78. The van der Waals surface area contributed by atoms with Crippen LogP contribution in [0, 0.1) is 0 Å². The van der Waals surface area contributed by atoms with Gasteiger partial charge in [0, 0.05) is 14.2 Å². The molecule has 0 unspecified atom stereocenters. The van der Waals surface area contributed by atoms with E-state index in [-0.39, 0.29) is 0 Å². The van der Waals surface area contributed by atoms with Crippen molar-refractivity contribution in [2.75, 3.05) is 33.9 Å². The Morgan fingerprint density at radius 2 is 1.28 bits per heavy atom. The quantitative estimate of drug-likeness (QED) is 0.381. The van der Waals surface area contributed by atoms with Gasteiger partial charge in [-0.3, -0.25) is 0 Å². The van der Waals surface area contributed by atoms with Gasteiger partial charge in [-0.15, -0.1) is 0 Å². The molecule has 110 valence electrons. The molecule has 4 heteroatoms. The maximum atomic E-state index is 5.34. The summed E-state index contributed by atoms with van der Waals surface area (Å²) in [6, 6.07) is 1.14. The molecule has 18 heavy (non-hydrogen) atoms. The van der Waals surface area contributed by atoms with E-state index in [1.807, 2.05) is 0 Å².